The number of hydrogen-bond acceptors (Lipinski definition) is 4. The number of nitrogens with zero attached hydrogens (tertiary/aromatic N) is 3. The zero-order valence-electron chi connectivity index (χ0n) is 13.6. The van der Waals surface area contributed by atoms with Gasteiger partial charge in [0.25, 0.3) is 0 Å². The maximum atomic E-state index is 12.4. The van der Waals surface area contributed by atoms with E-state index in [9.17, 15) is 9.59 Å². The Balaban J connectivity index is 2.19. The van der Waals surface area contributed by atoms with E-state index in [0.717, 1.165) is 11.4 Å². The predicted molar refractivity (Wildman–Crippen MR) is 85.1 cm³/mol. The maximum Gasteiger partial charge on any atom is 0.246 e. The van der Waals surface area contributed by atoms with Gasteiger partial charge in [0.1, 0.15) is 11.8 Å². The molecule has 2 amide bonds. The third-order valence-corrected chi connectivity index (χ3v) is 3.95. The molecule has 6 nitrogen and oxygen atoms in total. The average Bonchev–Trinajstić information content (AvgIpc) is 2.53. The number of benzene rings is 1. The first-order valence-corrected chi connectivity index (χ1v) is 7.31. The molecular weight excluding hydrogens is 282 g/mol. The third-order valence-electron chi connectivity index (χ3n) is 3.95. The fourth-order valence-electron chi connectivity index (χ4n) is 2.70. The largest absolute Gasteiger partial charge is 0.497 e. The minimum atomic E-state index is -0.441. The molecule has 1 saturated heterocycles. The molecule has 22 heavy (non-hydrogen) atoms. The number of ether oxygens (including phenoxy) is 1. The van der Waals surface area contributed by atoms with E-state index in [-0.39, 0.29) is 11.8 Å². The molecule has 0 aromatic heterocycles. The molecule has 2 rings (SSSR count). The first-order chi connectivity index (χ1) is 10.4. The second kappa shape index (κ2) is 6.68. The van der Waals surface area contributed by atoms with E-state index in [0.29, 0.717) is 19.6 Å². The van der Waals surface area contributed by atoms with Crippen LogP contribution in [0.15, 0.2) is 24.3 Å². The molecule has 1 fully saturated rings. The minimum absolute atomic E-state index is 0.0478. The van der Waals surface area contributed by atoms with Crippen LogP contribution >= 0.6 is 0 Å². The van der Waals surface area contributed by atoms with Gasteiger partial charge in [-0.2, -0.15) is 0 Å². The van der Waals surface area contributed by atoms with E-state index in [2.05, 4.69) is 4.90 Å². The molecule has 0 bridgehead atoms. The van der Waals surface area contributed by atoms with E-state index in [1.807, 2.05) is 24.3 Å². The molecule has 1 unspecified atom stereocenters. The molecule has 0 saturated carbocycles. The van der Waals surface area contributed by atoms with Gasteiger partial charge < -0.3 is 19.4 Å². The van der Waals surface area contributed by atoms with Crippen molar-refractivity contribution in [1.82, 2.24) is 9.80 Å². The summed E-state index contributed by atoms with van der Waals surface area (Å²) in [5, 5.41) is 0. The van der Waals surface area contributed by atoms with Crippen molar-refractivity contribution >= 4 is 17.5 Å². The smallest absolute Gasteiger partial charge is 0.246 e. The van der Waals surface area contributed by atoms with Gasteiger partial charge in [0.15, 0.2) is 0 Å². The Hall–Kier alpha value is -2.24. The Kier molecular flexibility index (Phi) is 4.90. The Morgan fingerprint density at radius 2 is 1.82 bits per heavy atom. The molecule has 1 aliphatic rings. The number of anilines is 1. The van der Waals surface area contributed by atoms with Gasteiger partial charge in [-0.15, -0.1) is 0 Å². The first-order valence-electron chi connectivity index (χ1n) is 7.31. The Bertz CT molecular complexity index is 542. The Labute approximate surface area is 131 Å². The zero-order valence-corrected chi connectivity index (χ0v) is 13.6. The molecule has 120 valence electrons. The number of methoxy groups -OCH3 is 1. The summed E-state index contributed by atoms with van der Waals surface area (Å²) in [6.45, 7) is 3.27. The van der Waals surface area contributed by atoms with Gasteiger partial charge >= 0.3 is 0 Å². The second-order valence-electron chi connectivity index (χ2n) is 5.60. The fourth-order valence-corrected chi connectivity index (χ4v) is 2.70. The lowest BCUT2D eigenvalue weighted by Crippen LogP contribution is -2.60. The number of carbonyl (C=O) groups excluding carboxylic acids is 2. The standard InChI is InChI=1S/C16H23N3O3/c1-12(20)19-10-9-18(11-15(19)16(21)17(2)3)13-5-7-14(22-4)8-6-13/h5-8,15H,9-11H2,1-4H3. The van der Waals surface area contributed by atoms with E-state index >= 15 is 0 Å². The summed E-state index contributed by atoms with van der Waals surface area (Å²) < 4.78 is 5.16. The Morgan fingerprint density at radius 1 is 1.18 bits per heavy atom. The van der Waals surface area contributed by atoms with Crippen molar-refractivity contribution in [2.24, 2.45) is 0 Å². The molecule has 0 spiro atoms. The number of carbonyl (C=O) groups is 2. The number of amides is 2. The number of rotatable bonds is 3. The second-order valence-corrected chi connectivity index (χ2v) is 5.60. The highest BCUT2D eigenvalue weighted by atomic mass is 16.5. The van der Waals surface area contributed by atoms with Gasteiger partial charge in [-0.3, -0.25) is 9.59 Å². The summed E-state index contributed by atoms with van der Waals surface area (Å²) in [6.07, 6.45) is 0. The summed E-state index contributed by atoms with van der Waals surface area (Å²) in [6, 6.07) is 7.30. The molecule has 1 aromatic rings. The predicted octanol–water partition coefficient (Wildman–Crippen LogP) is 0.821. The van der Waals surface area contributed by atoms with Crippen molar-refractivity contribution in [2.75, 3.05) is 45.7 Å². The van der Waals surface area contributed by atoms with Crippen LogP contribution in [0.5, 0.6) is 5.75 Å². The lowest BCUT2D eigenvalue weighted by Gasteiger charge is -2.42. The van der Waals surface area contributed by atoms with E-state index in [1.165, 1.54) is 11.8 Å². The molecule has 1 heterocycles. The molecule has 0 radical (unpaired) electrons. The van der Waals surface area contributed by atoms with Crippen LogP contribution in [0, 0.1) is 0 Å². The topological polar surface area (TPSA) is 53.1 Å². The van der Waals surface area contributed by atoms with Crippen LogP contribution in [0.2, 0.25) is 0 Å². The summed E-state index contributed by atoms with van der Waals surface area (Å²) in [5.74, 6) is 0.690. The molecule has 1 aromatic carbocycles. The van der Waals surface area contributed by atoms with Crippen molar-refractivity contribution in [2.45, 2.75) is 13.0 Å². The van der Waals surface area contributed by atoms with Crippen molar-refractivity contribution < 1.29 is 14.3 Å². The van der Waals surface area contributed by atoms with Crippen LogP contribution in [0.4, 0.5) is 5.69 Å². The van der Waals surface area contributed by atoms with E-state index in [1.54, 1.807) is 26.1 Å². The van der Waals surface area contributed by atoms with Crippen LogP contribution in [0.3, 0.4) is 0 Å². The summed E-state index contributed by atoms with van der Waals surface area (Å²) in [5.41, 5.74) is 1.03. The van der Waals surface area contributed by atoms with Gasteiger partial charge in [-0.25, -0.2) is 0 Å². The summed E-state index contributed by atoms with van der Waals surface area (Å²) in [7, 11) is 5.06. The molecule has 1 atom stereocenters. The van der Waals surface area contributed by atoms with Crippen molar-refractivity contribution in [3.8, 4) is 5.75 Å². The Morgan fingerprint density at radius 3 is 2.32 bits per heavy atom. The van der Waals surface area contributed by atoms with E-state index < -0.39 is 6.04 Å². The SMILES string of the molecule is COc1ccc(N2CCN(C(C)=O)C(C(=O)N(C)C)C2)cc1. The minimum Gasteiger partial charge on any atom is -0.497 e. The van der Waals surface area contributed by atoms with Gasteiger partial charge in [0, 0.05) is 46.3 Å². The number of piperazine rings is 1. The van der Waals surface area contributed by atoms with Gasteiger partial charge in [-0.1, -0.05) is 0 Å². The van der Waals surface area contributed by atoms with Crippen LogP contribution in [0.1, 0.15) is 6.92 Å². The molecule has 6 heteroatoms. The summed E-state index contributed by atoms with van der Waals surface area (Å²) in [4.78, 5) is 29.5. The molecule has 0 aliphatic carbocycles. The van der Waals surface area contributed by atoms with Crippen LogP contribution in [-0.2, 0) is 9.59 Å². The maximum absolute atomic E-state index is 12.4. The molecular formula is C16H23N3O3. The van der Waals surface area contributed by atoms with Crippen LogP contribution in [-0.4, -0.2) is 68.5 Å². The highest BCUT2D eigenvalue weighted by Crippen LogP contribution is 2.23. The van der Waals surface area contributed by atoms with Crippen LogP contribution in [0.25, 0.3) is 0 Å². The highest BCUT2D eigenvalue weighted by molar-refractivity contribution is 5.87. The number of likely N-dealkylation sites (N-methyl/N-ethyl adjacent to an activating group) is 1. The third kappa shape index (κ3) is 3.32. The van der Waals surface area contributed by atoms with Crippen molar-refractivity contribution in [1.29, 1.82) is 0 Å². The first kappa shape index (κ1) is 16.1. The van der Waals surface area contributed by atoms with Gasteiger partial charge in [0.05, 0.1) is 7.11 Å². The van der Waals surface area contributed by atoms with Crippen molar-refractivity contribution in [3.63, 3.8) is 0 Å². The number of hydrogen-bond donors (Lipinski definition) is 0. The lowest BCUT2D eigenvalue weighted by molar-refractivity contribution is -0.143. The monoisotopic (exact) mass is 305 g/mol. The fraction of sp³-hybridized carbons (Fsp3) is 0.500. The zero-order chi connectivity index (χ0) is 16.3. The van der Waals surface area contributed by atoms with Gasteiger partial charge in [0.2, 0.25) is 11.8 Å². The molecule has 1 aliphatic heterocycles. The highest BCUT2D eigenvalue weighted by Gasteiger charge is 2.34. The van der Waals surface area contributed by atoms with Gasteiger partial charge in [-0.05, 0) is 24.3 Å². The van der Waals surface area contributed by atoms with E-state index in [4.69, 9.17) is 4.74 Å². The quantitative estimate of drug-likeness (QED) is 0.830. The average molecular weight is 305 g/mol. The van der Waals surface area contributed by atoms with Crippen LogP contribution < -0.4 is 9.64 Å². The summed E-state index contributed by atoms with van der Waals surface area (Å²) >= 11 is 0. The molecule has 0 N–H and O–H groups in total. The lowest BCUT2D eigenvalue weighted by atomic mass is 10.1. The normalized spacial score (nSPS) is 18.1. The van der Waals surface area contributed by atoms with Crippen molar-refractivity contribution in [3.05, 3.63) is 24.3 Å².